The number of aliphatic hydroxyl groups is 1. The second-order valence-corrected chi connectivity index (χ2v) is 6.00. The maximum atomic E-state index is 13.2. The van der Waals surface area contributed by atoms with Crippen LogP contribution >= 0.6 is 0 Å². The van der Waals surface area contributed by atoms with E-state index in [0.29, 0.717) is 28.5 Å². The zero-order valence-electron chi connectivity index (χ0n) is 16.5. The van der Waals surface area contributed by atoms with Gasteiger partial charge in [0, 0.05) is 34.6 Å². The van der Waals surface area contributed by atoms with E-state index < -0.39 is 18.0 Å². The largest absolute Gasteiger partial charge is 0.493 e. The van der Waals surface area contributed by atoms with Crippen molar-refractivity contribution >= 4 is 23.2 Å². The van der Waals surface area contributed by atoms with Crippen LogP contribution < -0.4 is 24.8 Å². The van der Waals surface area contributed by atoms with Crippen molar-refractivity contribution in [3.8, 4) is 17.2 Å². The molecule has 2 aromatic rings. The number of halogens is 1. The number of methoxy groups -OCH3 is 3. The van der Waals surface area contributed by atoms with Gasteiger partial charge in [0.1, 0.15) is 0 Å². The molecular formula is C20H23FN2O6. The van der Waals surface area contributed by atoms with Gasteiger partial charge in [0.2, 0.25) is 5.75 Å². The number of anilines is 2. The van der Waals surface area contributed by atoms with Gasteiger partial charge in [0.15, 0.2) is 17.7 Å². The van der Waals surface area contributed by atoms with Gasteiger partial charge in [0.05, 0.1) is 27.9 Å². The van der Waals surface area contributed by atoms with E-state index >= 15 is 0 Å². The van der Waals surface area contributed by atoms with Gasteiger partial charge in [-0.25, -0.2) is 4.39 Å². The molecule has 156 valence electrons. The Balaban J connectivity index is 2.32. The van der Waals surface area contributed by atoms with Gasteiger partial charge >= 0.3 is 0 Å². The molecule has 9 heteroatoms. The van der Waals surface area contributed by atoms with Crippen molar-refractivity contribution in [2.24, 2.45) is 0 Å². The van der Waals surface area contributed by atoms with E-state index in [-0.39, 0.29) is 17.9 Å². The van der Waals surface area contributed by atoms with Gasteiger partial charge in [-0.15, -0.1) is 0 Å². The molecule has 0 aliphatic heterocycles. The summed E-state index contributed by atoms with van der Waals surface area (Å²) in [5.74, 6) is -0.259. The fourth-order valence-corrected chi connectivity index (χ4v) is 2.56. The van der Waals surface area contributed by atoms with Crippen LogP contribution in [0.4, 0.5) is 15.8 Å². The zero-order chi connectivity index (χ0) is 21.6. The van der Waals surface area contributed by atoms with Crippen molar-refractivity contribution in [1.82, 2.24) is 0 Å². The van der Waals surface area contributed by atoms with Crippen molar-refractivity contribution in [3.05, 3.63) is 41.5 Å². The van der Waals surface area contributed by atoms with Gasteiger partial charge in [-0.05, 0) is 19.1 Å². The van der Waals surface area contributed by atoms with Crippen LogP contribution in [-0.2, 0) is 11.4 Å². The van der Waals surface area contributed by atoms with E-state index in [1.165, 1.54) is 39.5 Å². The third-order valence-corrected chi connectivity index (χ3v) is 4.08. The number of amides is 2. The molecule has 0 bridgehead atoms. The second kappa shape index (κ2) is 9.74. The van der Waals surface area contributed by atoms with Crippen molar-refractivity contribution in [3.63, 3.8) is 0 Å². The number of alkyl halides is 1. The molecule has 3 N–H and O–H groups in total. The first-order valence-electron chi connectivity index (χ1n) is 8.64. The van der Waals surface area contributed by atoms with Crippen molar-refractivity contribution < 1.29 is 33.3 Å². The van der Waals surface area contributed by atoms with E-state index in [1.54, 1.807) is 12.1 Å². The van der Waals surface area contributed by atoms with E-state index in [4.69, 9.17) is 14.2 Å². The van der Waals surface area contributed by atoms with Crippen LogP contribution in [0.1, 0.15) is 22.8 Å². The summed E-state index contributed by atoms with van der Waals surface area (Å²) in [7, 11) is 4.38. The molecule has 0 saturated heterocycles. The fourth-order valence-electron chi connectivity index (χ4n) is 2.56. The molecule has 0 fully saturated rings. The fraction of sp³-hybridized carbons (Fsp3) is 0.300. The molecule has 0 radical (unpaired) electrons. The van der Waals surface area contributed by atoms with Gasteiger partial charge in [0.25, 0.3) is 11.8 Å². The third-order valence-electron chi connectivity index (χ3n) is 4.08. The third kappa shape index (κ3) is 5.14. The summed E-state index contributed by atoms with van der Waals surface area (Å²) in [6, 6.07) is 7.44. The monoisotopic (exact) mass is 406 g/mol. The molecule has 0 spiro atoms. The molecule has 0 aromatic heterocycles. The lowest BCUT2D eigenvalue weighted by atomic mass is 10.1. The second-order valence-electron chi connectivity index (χ2n) is 6.00. The number of carbonyl (C=O) groups excluding carboxylic acids is 2. The van der Waals surface area contributed by atoms with Crippen LogP contribution in [0.5, 0.6) is 17.2 Å². The van der Waals surface area contributed by atoms with Crippen molar-refractivity contribution in [2.45, 2.75) is 19.7 Å². The van der Waals surface area contributed by atoms with Crippen LogP contribution in [0.25, 0.3) is 0 Å². The SMILES string of the molecule is COc1cc(NC(=O)c2ccc(CO)c(NC(=O)C(C)F)c2)cc(OC)c1OC. The topological polar surface area (TPSA) is 106 Å². The summed E-state index contributed by atoms with van der Waals surface area (Å²) < 4.78 is 28.9. The average Bonchev–Trinajstić information content (AvgIpc) is 2.72. The van der Waals surface area contributed by atoms with Gasteiger partial charge in [-0.2, -0.15) is 0 Å². The molecular weight excluding hydrogens is 383 g/mol. The maximum Gasteiger partial charge on any atom is 0.258 e. The van der Waals surface area contributed by atoms with Gasteiger partial charge in [-0.3, -0.25) is 9.59 Å². The smallest absolute Gasteiger partial charge is 0.258 e. The molecule has 0 aliphatic carbocycles. The first kappa shape index (κ1) is 22.0. The molecule has 1 atom stereocenters. The van der Waals surface area contributed by atoms with Crippen LogP contribution in [-0.4, -0.2) is 44.4 Å². The van der Waals surface area contributed by atoms with E-state index in [9.17, 15) is 19.1 Å². The van der Waals surface area contributed by atoms with Crippen LogP contribution in [0.3, 0.4) is 0 Å². The van der Waals surface area contributed by atoms with Gasteiger partial charge in [-0.1, -0.05) is 6.07 Å². The Morgan fingerprint density at radius 3 is 2.14 bits per heavy atom. The van der Waals surface area contributed by atoms with Crippen molar-refractivity contribution in [1.29, 1.82) is 0 Å². The minimum atomic E-state index is -1.74. The standard InChI is InChI=1S/C20H23FN2O6/c1-11(21)19(25)23-15-7-12(5-6-13(15)10-24)20(26)22-14-8-16(27-2)18(29-4)17(9-14)28-3/h5-9,11,24H,10H2,1-4H3,(H,22,26)(H,23,25). The molecule has 1 unspecified atom stereocenters. The van der Waals surface area contributed by atoms with Crippen LogP contribution in [0.15, 0.2) is 30.3 Å². The first-order chi connectivity index (χ1) is 13.8. The Kier molecular flexibility index (Phi) is 7.38. The predicted molar refractivity (Wildman–Crippen MR) is 106 cm³/mol. The number of aliphatic hydroxyl groups excluding tert-OH is 1. The minimum absolute atomic E-state index is 0.152. The van der Waals surface area contributed by atoms with E-state index in [0.717, 1.165) is 6.92 Å². The molecule has 0 saturated carbocycles. The maximum absolute atomic E-state index is 13.2. The normalized spacial score (nSPS) is 11.4. The van der Waals surface area contributed by atoms with Crippen LogP contribution in [0, 0.1) is 0 Å². The summed E-state index contributed by atoms with van der Waals surface area (Å²) in [5, 5.41) is 14.5. The number of benzene rings is 2. The predicted octanol–water partition coefficient (Wildman–Crippen LogP) is 2.75. The van der Waals surface area contributed by atoms with E-state index in [2.05, 4.69) is 10.6 Å². The number of ether oxygens (including phenoxy) is 3. The molecule has 2 aromatic carbocycles. The summed E-state index contributed by atoms with van der Waals surface area (Å²) in [4.78, 5) is 24.3. The highest BCUT2D eigenvalue weighted by atomic mass is 19.1. The zero-order valence-corrected chi connectivity index (χ0v) is 16.5. The quantitative estimate of drug-likeness (QED) is 0.623. The Morgan fingerprint density at radius 1 is 1.03 bits per heavy atom. The Hall–Kier alpha value is -3.33. The van der Waals surface area contributed by atoms with E-state index in [1.807, 2.05) is 0 Å². The summed E-state index contributed by atoms with van der Waals surface area (Å²) >= 11 is 0. The lowest BCUT2D eigenvalue weighted by Crippen LogP contribution is -2.22. The highest BCUT2D eigenvalue weighted by molar-refractivity contribution is 6.06. The summed E-state index contributed by atoms with van der Waals surface area (Å²) in [5.41, 5.74) is 1.08. The lowest BCUT2D eigenvalue weighted by molar-refractivity contribution is -0.120. The number of carbonyl (C=O) groups is 2. The Morgan fingerprint density at radius 2 is 1.66 bits per heavy atom. The van der Waals surface area contributed by atoms with Crippen LogP contribution in [0.2, 0.25) is 0 Å². The number of hydrogen-bond donors (Lipinski definition) is 3. The number of hydrogen-bond acceptors (Lipinski definition) is 6. The highest BCUT2D eigenvalue weighted by Crippen LogP contribution is 2.40. The molecule has 2 amide bonds. The Bertz CT molecular complexity index is 876. The Labute approximate surface area is 167 Å². The number of rotatable bonds is 8. The number of nitrogens with one attached hydrogen (secondary N) is 2. The molecule has 8 nitrogen and oxygen atoms in total. The summed E-state index contributed by atoms with van der Waals surface area (Å²) in [6.07, 6.45) is -1.74. The molecule has 29 heavy (non-hydrogen) atoms. The average molecular weight is 406 g/mol. The van der Waals surface area contributed by atoms with Crippen molar-refractivity contribution in [2.75, 3.05) is 32.0 Å². The van der Waals surface area contributed by atoms with Gasteiger partial charge < -0.3 is 30.0 Å². The molecule has 0 heterocycles. The molecule has 2 rings (SSSR count). The first-order valence-corrected chi connectivity index (χ1v) is 8.64. The highest BCUT2D eigenvalue weighted by Gasteiger charge is 2.17. The molecule has 0 aliphatic rings. The summed E-state index contributed by atoms with van der Waals surface area (Å²) in [6.45, 7) is 0.708. The minimum Gasteiger partial charge on any atom is -0.493 e. The lowest BCUT2D eigenvalue weighted by Gasteiger charge is -2.15.